The summed E-state index contributed by atoms with van der Waals surface area (Å²) in [4.78, 5) is 26.9. The van der Waals surface area contributed by atoms with Crippen LogP contribution in [0.25, 0.3) is 0 Å². The molecule has 0 amide bonds. The molecule has 0 aromatic carbocycles. The van der Waals surface area contributed by atoms with E-state index in [2.05, 4.69) is 14.5 Å². The molecule has 0 unspecified atom stereocenters. The summed E-state index contributed by atoms with van der Waals surface area (Å²) in [5, 5.41) is 0. The molecule has 5 nitrogen and oxygen atoms in total. The van der Waals surface area contributed by atoms with Crippen molar-refractivity contribution in [1.29, 1.82) is 0 Å². The molecule has 1 aromatic rings. The zero-order valence-electron chi connectivity index (χ0n) is 10.1. The van der Waals surface area contributed by atoms with Gasteiger partial charge in [-0.2, -0.15) is 0 Å². The van der Waals surface area contributed by atoms with E-state index in [1.54, 1.807) is 12.4 Å². The number of hydrogen-bond acceptors (Lipinski definition) is 5. The Morgan fingerprint density at radius 1 is 1.24 bits per heavy atom. The van der Waals surface area contributed by atoms with E-state index in [1.165, 1.54) is 14.2 Å². The van der Waals surface area contributed by atoms with Gasteiger partial charge in [-0.05, 0) is 24.5 Å². The number of methoxy groups -OCH3 is 2. The quantitative estimate of drug-likeness (QED) is 0.575. The average molecular weight is 237 g/mol. The largest absolute Gasteiger partial charge is 0.468 e. The molecule has 0 radical (unpaired) electrons. The lowest BCUT2D eigenvalue weighted by molar-refractivity contribution is -0.158. The van der Waals surface area contributed by atoms with Crippen molar-refractivity contribution in [3.63, 3.8) is 0 Å². The van der Waals surface area contributed by atoms with Gasteiger partial charge in [0.05, 0.1) is 14.2 Å². The number of ether oxygens (including phenoxy) is 2. The second-order valence-corrected chi connectivity index (χ2v) is 3.67. The SMILES string of the molecule is COC(=O)C(Cc1cncc(C)c1)C(=O)OC. The summed E-state index contributed by atoms with van der Waals surface area (Å²) in [5.41, 5.74) is 1.77. The van der Waals surface area contributed by atoms with Gasteiger partial charge in [-0.1, -0.05) is 6.07 Å². The highest BCUT2D eigenvalue weighted by Gasteiger charge is 2.28. The number of pyridine rings is 1. The molecule has 1 heterocycles. The maximum Gasteiger partial charge on any atom is 0.320 e. The Balaban J connectivity index is 2.86. The lowest BCUT2D eigenvalue weighted by Gasteiger charge is -2.12. The molecular weight excluding hydrogens is 222 g/mol. The summed E-state index contributed by atoms with van der Waals surface area (Å²) in [7, 11) is 2.49. The summed E-state index contributed by atoms with van der Waals surface area (Å²) in [6.07, 6.45) is 3.55. The third-order valence-electron chi connectivity index (χ3n) is 2.34. The molecule has 0 aliphatic heterocycles. The van der Waals surface area contributed by atoms with Crippen LogP contribution < -0.4 is 0 Å². The summed E-state index contributed by atoms with van der Waals surface area (Å²) < 4.78 is 9.16. The molecule has 5 heteroatoms. The minimum absolute atomic E-state index is 0.230. The minimum Gasteiger partial charge on any atom is -0.468 e. The van der Waals surface area contributed by atoms with Crippen LogP contribution in [0.4, 0.5) is 0 Å². The van der Waals surface area contributed by atoms with Gasteiger partial charge in [-0.25, -0.2) is 0 Å². The monoisotopic (exact) mass is 237 g/mol. The van der Waals surface area contributed by atoms with Crippen molar-refractivity contribution in [3.8, 4) is 0 Å². The van der Waals surface area contributed by atoms with Crippen LogP contribution in [0.15, 0.2) is 18.5 Å². The van der Waals surface area contributed by atoms with E-state index >= 15 is 0 Å². The number of carbonyl (C=O) groups is 2. The van der Waals surface area contributed by atoms with Crippen LogP contribution in [0.5, 0.6) is 0 Å². The second kappa shape index (κ2) is 5.98. The lowest BCUT2D eigenvalue weighted by atomic mass is 10.00. The summed E-state index contributed by atoms with van der Waals surface area (Å²) in [5.74, 6) is -2.13. The molecule has 0 aliphatic rings. The van der Waals surface area contributed by atoms with E-state index < -0.39 is 17.9 Å². The first-order valence-corrected chi connectivity index (χ1v) is 5.14. The van der Waals surface area contributed by atoms with Crippen LogP contribution in [0.3, 0.4) is 0 Å². The van der Waals surface area contributed by atoms with E-state index in [4.69, 9.17) is 0 Å². The Bertz CT molecular complexity index is 401. The molecule has 1 rings (SSSR count). The number of aryl methyl sites for hydroxylation is 1. The van der Waals surface area contributed by atoms with Gasteiger partial charge in [0.2, 0.25) is 0 Å². The third kappa shape index (κ3) is 3.55. The highest BCUT2D eigenvalue weighted by molar-refractivity contribution is 5.95. The Hall–Kier alpha value is -1.91. The van der Waals surface area contributed by atoms with Crippen LogP contribution in [0, 0.1) is 12.8 Å². The van der Waals surface area contributed by atoms with Gasteiger partial charge >= 0.3 is 11.9 Å². The van der Waals surface area contributed by atoms with Crippen molar-refractivity contribution in [1.82, 2.24) is 4.98 Å². The second-order valence-electron chi connectivity index (χ2n) is 3.67. The van der Waals surface area contributed by atoms with E-state index in [9.17, 15) is 9.59 Å². The topological polar surface area (TPSA) is 65.5 Å². The van der Waals surface area contributed by atoms with Gasteiger partial charge in [0, 0.05) is 12.4 Å². The highest BCUT2D eigenvalue weighted by Crippen LogP contribution is 2.12. The Labute approximate surface area is 99.8 Å². The number of carbonyl (C=O) groups excluding carboxylic acids is 2. The van der Waals surface area contributed by atoms with Crippen LogP contribution in [0.1, 0.15) is 11.1 Å². The van der Waals surface area contributed by atoms with E-state index in [0.29, 0.717) is 0 Å². The molecule has 17 heavy (non-hydrogen) atoms. The molecule has 92 valence electrons. The molecule has 0 N–H and O–H groups in total. The standard InChI is InChI=1S/C12H15NO4/c1-8-4-9(7-13-6-8)5-10(11(14)16-2)12(15)17-3/h4,6-7,10H,5H2,1-3H3. The van der Waals surface area contributed by atoms with Gasteiger partial charge < -0.3 is 9.47 Å². The molecule has 0 fully saturated rings. The number of aromatic nitrogens is 1. The zero-order chi connectivity index (χ0) is 12.8. The third-order valence-corrected chi connectivity index (χ3v) is 2.34. The first-order valence-electron chi connectivity index (χ1n) is 5.14. The van der Waals surface area contributed by atoms with Crippen molar-refractivity contribution >= 4 is 11.9 Å². The van der Waals surface area contributed by atoms with Crippen molar-refractivity contribution in [2.24, 2.45) is 5.92 Å². The molecular formula is C12H15NO4. The normalized spacial score (nSPS) is 10.1. The Kier molecular flexibility index (Phi) is 4.63. The molecule has 0 atom stereocenters. The lowest BCUT2D eigenvalue weighted by Crippen LogP contribution is -2.28. The van der Waals surface area contributed by atoms with Crippen molar-refractivity contribution in [2.75, 3.05) is 14.2 Å². The zero-order valence-corrected chi connectivity index (χ0v) is 10.1. The number of rotatable bonds is 4. The average Bonchev–Trinajstić information content (AvgIpc) is 2.34. The minimum atomic E-state index is -0.936. The molecule has 0 bridgehead atoms. The van der Waals surface area contributed by atoms with Crippen molar-refractivity contribution in [2.45, 2.75) is 13.3 Å². The van der Waals surface area contributed by atoms with Gasteiger partial charge in [-0.15, -0.1) is 0 Å². The van der Waals surface area contributed by atoms with Gasteiger partial charge in [-0.3, -0.25) is 14.6 Å². The fourth-order valence-corrected chi connectivity index (χ4v) is 1.51. The summed E-state index contributed by atoms with van der Waals surface area (Å²) in [6.45, 7) is 1.89. The maximum atomic E-state index is 11.5. The Morgan fingerprint density at radius 3 is 2.29 bits per heavy atom. The van der Waals surface area contributed by atoms with Gasteiger partial charge in [0.25, 0.3) is 0 Å². The van der Waals surface area contributed by atoms with Gasteiger partial charge in [0.1, 0.15) is 0 Å². The first kappa shape index (κ1) is 13.2. The number of hydrogen-bond donors (Lipinski definition) is 0. The van der Waals surface area contributed by atoms with Gasteiger partial charge in [0.15, 0.2) is 5.92 Å². The van der Waals surface area contributed by atoms with Crippen molar-refractivity contribution in [3.05, 3.63) is 29.6 Å². The fourth-order valence-electron chi connectivity index (χ4n) is 1.51. The molecule has 0 aliphatic carbocycles. The number of esters is 2. The van der Waals surface area contributed by atoms with Crippen LogP contribution in [-0.2, 0) is 25.5 Å². The Morgan fingerprint density at radius 2 is 1.82 bits per heavy atom. The predicted molar refractivity (Wildman–Crippen MR) is 60.2 cm³/mol. The predicted octanol–water partition coefficient (Wildman–Crippen LogP) is 0.895. The molecule has 0 saturated carbocycles. The summed E-state index contributed by atoms with van der Waals surface area (Å²) >= 11 is 0. The van der Waals surface area contributed by atoms with Crippen LogP contribution in [-0.4, -0.2) is 31.1 Å². The maximum absolute atomic E-state index is 11.5. The molecule has 0 saturated heterocycles. The molecule has 1 aromatic heterocycles. The van der Waals surface area contributed by atoms with E-state index in [1.807, 2.05) is 13.0 Å². The summed E-state index contributed by atoms with van der Waals surface area (Å²) in [6, 6.07) is 1.87. The van der Waals surface area contributed by atoms with Crippen LogP contribution >= 0.6 is 0 Å². The first-order chi connectivity index (χ1) is 8.08. The number of nitrogens with zero attached hydrogens (tertiary/aromatic N) is 1. The van der Waals surface area contributed by atoms with E-state index in [-0.39, 0.29) is 6.42 Å². The fraction of sp³-hybridized carbons (Fsp3) is 0.417. The molecule has 0 spiro atoms. The highest BCUT2D eigenvalue weighted by atomic mass is 16.5. The van der Waals surface area contributed by atoms with Crippen LogP contribution in [0.2, 0.25) is 0 Å². The van der Waals surface area contributed by atoms with E-state index in [0.717, 1.165) is 11.1 Å². The smallest absolute Gasteiger partial charge is 0.320 e. The van der Waals surface area contributed by atoms with Crippen molar-refractivity contribution < 1.29 is 19.1 Å².